The Morgan fingerprint density at radius 2 is 1.53 bits per heavy atom. The van der Waals surface area contributed by atoms with Crippen LogP contribution in [0.2, 0.25) is 0 Å². The minimum atomic E-state index is -3.85. The number of benzene rings is 4. The highest BCUT2D eigenvalue weighted by molar-refractivity contribution is 7.92. The molecular weight excluding hydrogens is 402 g/mol. The van der Waals surface area contributed by atoms with E-state index in [1.165, 1.54) is 37.4 Å². The summed E-state index contributed by atoms with van der Waals surface area (Å²) in [6.07, 6.45) is 0. The topological polar surface area (TPSA) is 95.9 Å². The fourth-order valence-corrected chi connectivity index (χ4v) is 4.36. The van der Waals surface area contributed by atoms with E-state index < -0.39 is 10.0 Å². The van der Waals surface area contributed by atoms with Gasteiger partial charge in [0.15, 0.2) is 0 Å². The van der Waals surface area contributed by atoms with E-state index in [9.17, 15) is 18.6 Å². The SMILES string of the molecule is COc1ccc(S(=O)(=O)Nc2ccc(O)c(-c3c(O)ccc4ccccc34)c2)cc1. The van der Waals surface area contributed by atoms with Crippen LogP contribution in [-0.4, -0.2) is 25.7 Å². The van der Waals surface area contributed by atoms with Gasteiger partial charge in [-0.2, -0.15) is 0 Å². The molecule has 0 saturated carbocycles. The van der Waals surface area contributed by atoms with Crippen LogP contribution in [0, 0.1) is 0 Å². The zero-order valence-corrected chi connectivity index (χ0v) is 16.8. The number of hydrogen-bond donors (Lipinski definition) is 3. The lowest BCUT2D eigenvalue weighted by molar-refractivity contribution is 0.414. The summed E-state index contributed by atoms with van der Waals surface area (Å²) in [4.78, 5) is 0.0749. The number of sulfonamides is 1. The third-order valence-corrected chi connectivity index (χ3v) is 6.19. The number of aromatic hydroxyl groups is 2. The molecule has 0 aliphatic rings. The third-order valence-electron chi connectivity index (χ3n) is 4.79. The van der Waals surface area contributed by atoms with Gasteiger partial charge in [-0.1, -0.05) is 30.3 Å². The summed E-state index contributed by atoms with van der Waals surface area (Å²) < 4.78 is 33.1. The van der Waals surface area contributed by atoms with E-state index in [0.717, 1.165) is 10.8 Å². The van der Waals surface area contributed by atoms with Gasteiger partial charge in [-0.05, 0) is 59.3 Å². The predicted octanol–water partition coefficient (Wildman–Crippen LogP) is 4.73. The number of anilines is 1. The van der Waals surface area contributed by atoms with Crippen LogP contribution < -0.4 is 9.46 Å². The molecule has 3 N–H and O–H groups in total. The maximum Gasteiger partial charge on any atom is 0.261 e. The largest absolute Gasteiger partial charge is 0.507 e. The second kappa shape index (κ2) is 7.61. The number of methoxy groups -OCH3 is 1. The molecule has 4 rings (SSSR count). The van der Waals surface area contributed by atoms with Crippen molar-refractivity contribution in [3.63, 3.8) is 0 Å². The summed E-state index contributed by atoms with van der Waals surface area (Å²) in [5, 5.41) is 22.5. The van der Waals surface area contributed by atoms with Gasteiger partial charge < -0.3 is 14.9 Å². The molecule has 30 heavy (non-hydrogen) atoms. The van der Waals surface area contributed by atoms with E-state index in [4.69, 9.17) is 4.74 Å². The van der Waals surface area contributed by atoms with E-state index >= 15 is 0 Å². The van der Waals surface area contributed by atoms with Gasteiger partial charge in [0.25, 0.3) is 10.0 Å². The molecule has 0 spiro atoms. The van der Waals surface area contributed by atoms with Crippen molar-refractivity contribution in [1.82, 2.24) is 0 Å². The van der Waals surface area contributed by atoms with Crippen LogP contribution in [-0.2, 0) is 10.0 Å². The molecule has 0 fully saturated rings. The van der Waals surface area contributed by atoms with Crippen LogP contribution in [0.25, 0.3) is 21.9 Å². The van der Waals surface area contributed by atoms with Crippen molar-refractivity contribution in [3.8, 4) is 28.4 Å². The molecule has 0 amide bonds. The van der Waals surface area contributed by atoms with Crippen molar-refractivity contribution in [3.05, 3.63) is 78.9 Å². The Morgan fingerprint density at radius 1 is 0.833 bits per heavy atom. The van der Waals surface area contributed by atoms with Gasteiger partial charge in [0.05, 0.1) is 12.0 Å². The molecule has 152 valence electrons. The number of ether oxygens (including phenoxy) is 1. The van der Waals surface area contributed by atoms with Crippen LogP contribution in [0.15, 0.2) is 83.8 Å². The zero-order chi connectivity index (χ0) is 21.3. The Hall–Kier alpha value is -3.71. The molecule has 0 unspecified atom stereocenters. The van der Waals surface area contributed by atoms with E-state index in [-0.39, 0.29) is 22.1 Å². The number of nitrogens with one attached hydrogen (secondary N) is 1. The first-order valence-corrected chi connectivity index (χ1v) is 10.6. The molecule has 0 aliphatic carbocycles. The Kier molecular flexibility index (Phi) is 4.97. The van der Waals surface area contributed by atoms with E-state index in [0.29, 0.717) is 16.9 Å². The average molecular weight is 421 g/mol. The van der Waals surface area contributed by atoms with Crippen LogP contribution in [0.1, 0.15) is 0 Å². The number of hydrogen-bond acceptors (Lipinski definition) is 5. The smallest absolute Gasteiger partial charge is 0.261 e. The molecule has 0 heterocycles. The van der Waals surface area contributed by atoms with Crippen molar-refractivity contribution in [2.24, 2.45) is 0 Å². The first kappa shape index (κ1) is 19.6. The van der Waals surface area contributed by atoms with Crippen molar-refractivity contribution < 1.29 is 23.4 Å². The quantitative estimate of drug-likeness (QED) is 0.405. The Balaban J connectivity index is 1.77. The van der Waals surface area contributed by atoms with E-state index in [1.807, 2.05) is 24.3 Å². The molecule has 0 aliphatic heterocycles. The van der Waals surface area contributed by atoms with Crippen LogP contribution >= 0.6 is 0 Å². The summed E-state index contributed by atoms with van der Waals surface area (Å²) in [5.41, 5.74) is 1.00. The zero-order valence-electron chi connectivity index (χ0n) is 16.0. The molecule has 4 aromatic carbocycles. The lowest BCUT2D eigenvalue weighted by Crippen LogP contribution is -2.12. The van der Waals surface area contributed by atoms with Crippen LogP contribution in [0.5, 0.6) is 17.2 Å². The average Bonchev–Trinajstić information content (AvgIpc) is 2.75. The monoisotopic (exact) mass is 421 g/mol. The molecule has 4 aromatic rings. The van der Waals surface area contributed by atoms with Gasteiger partial charge in [-0.3, -0.25) is 4.72 Å². The summed E-state index contributed by atoms with van der Waals surface area (Å²) in [6.45, 7) is 0. The van der Waals surface area contributed by atoms with Crippen molar-refractivity contribution in [1.29, 1.82) is 0 Å². The Labute approximate surface area is 174 Å². The predicted molar refractivity (Wildman–Crippen MR) is 117 cm³/mol. The number of phenols is 2. The summed E-state index contributed by atoms with van der Waals surface area (Å²) in [7, 11) is -2.35. The first-order chi connectivity index (χ1) is 14.4. The molecule has 0 atom stereocenters. The number of phenolic OH excluding ortho intramolecular Hbond substituents is 2. The maximum atomic E-state index is 12.7. The fourth-order valence-electron chi connectivity index (χ4n) is 3.31. The van der Waals surface area contributed by atoms with E-state index in [1.54, 1.807) is 24.3 Å². The second-order valence-electron chi connectivity index (χ2n) is 6.69. The standard InChI is InChI=1S/C23H19NO5S/c1-29-17-8-10-18(11-9-17)30(27,28)24-16-7-13-21(25)20(14-16)23-19-5-3-2-4-15(19)6-12-22(23)26/h2-14,24-26H,1H3. The summed E-state index contributed by atoms with van der Waals surface area (Å²) >= 11 is 0. The minimum Gasteiger partial charge on any atom is -0.507 e. The van der Waals surface area contributed by atoms with Gasteiger partial charge in [0, 0.05) is 16.8 Å². The lowest BCUT2D eigenvalue weighted by atomic mass is 9.96. The molecule has 0 radical (unpaired) electrons. The maximum absolute atomic E-state index is 12.7. The van der Waals surface area contributed by atoms with Crippen LogP contribution in [0.4, 0.5) is 5.69 Å². The molecule has 7 heteroatoms. The summed E-state index contributed by atoms with van der Waals surface area (Å²) in [5.74, 6) is 0.459. The first-order valence-electron chi connectivity index (χ1n) is 9.10. The Bertz CT molecular complexity index is 1330. The minimum absolute atomic E-state index is 0.0147. The van der Waals surface area contributed by atoms with Crippen molar-refractivity contribution in [2.45, 2.75) is 4.90 Å². The number of rotatable bonds is 5. The molecular formula is C23H19NO5S. The van der Waals surface area contributed by atoms with Crippen LogP contribution in [0.3, 0.4) is 0 Å². The van der Waals surface area contributed by atoms with Crippen molar-refractivity contribution >= 4 is 26.5 Å². The lowest BCUT2D eigenvalue weighted by Gasteiger charge is -2.14. The third kappa shape index (κ3) is 3.62. The van der Waals surface area contributed by atoms with Gasteiger partial charge in [-0.15, -0.1) is 0 Å². The normalized spacial score (nSPS) is 11.4. The molecule has 0 saturated heterocycles. The van der Waals surface area contributed by atoms with Gasteiger partial charge in [0.1, 0.15) is 17.2 Å². The molecule has 0 bridgehead atoms. The highest BCUT2D eigenvalue weighted by atomic mass is 32.2. The van der Waals surface area contributed by atoms with Gasteiger partial charge in [-0.25, -0.2) is 8.42 Å². The number of fused-ring (bicyclic) bond motifs is 1. The Morgan fingerprint density at radius 3 is 2.27 bits per heavy atom. The highest BCUT2D eigenvalue weighted by Crippen LogP contribution is 2.41. The highest BCUT2D eigenvalue weighted by Gasteiger charge is 2.18. The molecule has 0 aromatic heterocycles. The summed E-state index contributed by atoms with van der Waals surface area (Å²) in [6, 6.07) is 21.1. The van der Waals surface area contributed by atoms with Crippen molar-refractivity contribution in [2.75, 3.05) is 11.8 Å². The molecule has 6 nitrogen and oxygen atoms in total. The fraction of sp³-hybridized carbons (Fsp3) is 0.0435. The van der Waals surface area contributed by atoms with E-state index in [2.05, 4.69) is 4.72 Å². The van der Waals surface area contributed by atoms with Gasteiger partial charge >= 0.3 is 0 Å². The van der Waals surface area contributed by atoms with Gasteiger partial charge in [0.2, 0.25) is 0 Å². The second-order valence-corrected chi connectivity index (χ2v) is 8.38.